The molecule has 1 atom stereocenters. The first-order valence-electron chi connectivity index (χ1n) is 5.33. The Hall–Kier alpha value is -1.01. The van der Waals surface area contributed by atoms with Gasteiger partial charge >= 0.3 is 0 Å². The van der Waals surface area contributed by atoms with E-state index in [0.29, 0.717) is 26.2 Å². The van der Waals surface area contributed by atoms with Crippen molar-refractivity contribution < 1.29 is 13.5 Å². The van der Waals surface area contributed by atoms with Crippen LogP contribution in [0.4, 0.5) is 8.78 Å². The lowest BCUT2D eigenvalue weighted by Gasteiger charge is -2.32. The van der Waals surface area contributed by atoms with E-state index in [2.05, 4.69) is 5.10 Å². The van der Waals surface area contributed by atoms with Gasteiger partial charge in [0.05, 0.1) is 25.8 Å². The number of morpholine rings is 1. The van der Waals surface area contributed by atoms with Crippen molar-refractivity contribution in [1.29, 1.82) is 0 Å². The summed E-state index contributed by atoms with van der Waals surface area (Å²) < 4.78 is 31.7. The van der Waals surface area contributed by atoms with Crippen LogP contribution in [-0.4, -0.2) is 53.5 Å². The molecule has 1 aliphatic heterocycles. The Morgan fingerprint density at radius 3 is 3.06 bits per heavy atom. The first kappa shape index (κ1) is 11.5. The number of nitrogens with zero attached hydrogens (tertiary/aromatic N) is 3. The minimum absolute atomic E-state index is 0.0487. The van der Waals surface area contributed by atoms with Gasteiger partial charge in [-0.1, -0.05) is 0 Å². The van der Waals surface area contributed by atoms with Crippen LogP contribution in [0, 0.1) is 0 Å². The zero-order valence-corrected chi connectivity index (χ0v) is 8.93. The van der Waals surface area contributed by atoms with Gasteiger partial charge in [0, 0.05) is 25.5 Å². The Bertz CT molecular complexity index is 305. The Kier molecular flexibility index (Phi) is 3.84. The SMILES string of the molecule is FC(F)CN1CCO[C@@H](Cn2cccn2)C1. The third kappa shape index (κ3) is 3.24. The fourth-order valence-electron chi connectivity index (χ4n) is 1.87. The monoisotopic (exact) mass is 231 g/mol. The second-order valence-electron chi connectivity index (χ2n) is 3.87. The Morgan fingerprint density at radius 2 is 2.38 bits per heavy atom. The van der Waals surface area contributed by atoms with E-state index < -0.39 is 6.43 Å². The minimum atomic E-state index is -2.27. The lowest BCUT2D eigenvalue weighted by Crippen LogP contribution is -2.45. The molecule has 0 amide bonds. The van der Waals surface area contributed by atoms with Gasteiger partial charge in [-0.25, -0.2) is 8.78 Å². The number of hydrogen-bond donors (Lipinski definition) is 0. The quantitative estimate of drug-likeness (QED) is 0.769. The lowest BCUT2D eigenvalue weighted by atomic mass is 10.2. The molecule has 0 saturated carbocycles. The van der Waals surface area contributed by atoms with E-state index in [4.69, 9.17) is 4.74 Å². The molecule has 2 heterocycles. The summed E-state index contributed by atoms with van der Waals surface area (Å²) in [5, 5.41) is 4.07. The molecular formula is C10H15F2N3O. The Morgan fingerprint density at radius 1 is 1.50 bits per heavy atom. The van der Waals surface area contributed by atoms with Gasteiger partial charge in [-0.2, -0.15) is 5.10 Å². The third-order valence-corrected chi connectivity index (χ3v) is 2.57. The predicted molar refractivity (Wildman–Crippen MR) is 54.4 cm³/mol. The summed E-state index contributed by atoms with van der Waals surface area (Å²) in [5.41, 5.74) is 0. The smallest absolute Gasteiger partial charge is 0.251 e. The van der Waals surface area contributed by atoms with E-state index in [1.54, 1.807) is 15.8 Å². The molecule has 0 aliphatic carbocycles. The maximum atomic E-state index is 12.2. The van der Waals surface area contributed by atoms with Gasteiger partial charge in [0.15, 0.2) is 0 Å². The van der Waals surface area contributed by atoms with Crippen LogP contribution in [0.25, 0.3) is 0 Å². The van der Waals surface area contributed by atoms with Crippen LogP contribution >= 0.6 is 0 Å². The van der Waals surface area contributed by atoms with Crippen molar-refractivity contribution in [1.82, 2.24) is 14.7 Å². The molecule has 0 radical (unpaired) electrons. The minimum Gasteiger partial charge on any atom is -0.374 e. The molecule has 1 aliphatic rings. The molecule has 2 rings (SSSR count). The molecule has 6 heteroatoms. The van der Waals surface area contributed by atoms with Crippen molar-refractivity contribution in [3.05, 3.63) is 18.5 Å². The zero-order chi connectivity index (χ0) is 11.4. The summed E-state index contributed by atoms with van der Waals surface area (Å²) in [6.07, 6.45) is 1.21. The second kappa shape index (κ2) is 5.36. The number of halogens is 2. The van der Waals surface area contributed by atoms with Crippen molar-refractivity contribution in [3.63, 3.8) is 0 Å². The third-order valence-electron chi connectivity index (χ3n) is 2.57. The summed E-state index contributed by atoms with van der Waals surface area (Å²) in [6, 6.07) is 1.83. The topological polar surface area (TPSA) is 30.3 Å². The first-order chi connectivity index (χ1) is 7.74. The number of aromatic nitrogens is 2. The molecule has 1 fully saturated rings. The molecule has 0 unspecified atom stereocenters. The Balaban J connectivity index is 1.82. The maximum Gasteiger partial charge on any atom is 0.251 e. The predicted octanol–water partition coefficient (Wildman–Crippen LogP) is 0.849. The van der Waals surface area contributed by atoms with Crippen LogP contribution in [0.2, 0.25) is 0 Å². The number of ether oxygens (including phenoxy) is 1. The van der Waals surface area contributed by atoms with Crippen molar-refractivity contribution in [2.75, 3.05) is 26.2 Å². The molecule has 16 heavy (non-hydrogen) atoms. The summed E-state index contributed by atoms with van der Waals surface area (Å²) in [4.78, 5) is 1.74. The maximum absolute atomic E-state index is 12.2. The van der Waals surface area contributed by atoms with E-state index in [1.165, 1.54) is 0 Å². The van der Waals surface area contributed by atoms with Gasteiger partial charge in [-0.3, -0.25) is 9.58 Å². The van der Waals surface area contributed by atoms with Crippen LogP contribution in [0.1, 0.15) is 0 Å². The molecule has 90 valence electrons. The van der Waals surface area contributed by atoms with Gasteiger partial charge in [0.25, 0.3) is 6.43 Å². The largest absolute Gasteiger partial charge is 0.374 e. The van der Waals surface area contributed by atoms with Gasteiger partial charge in [0.1, 0.15) is 0 Å². The summed E-state index contributed by atoms with van der Waals surface area (Å²) in [5.74, 6) is 0. The van der Waals surface area contributed by atoms with Gasteiger partial charge in [0.2, 0.25) is 0 Å². The van der Waals surface area contributed by atoms with Crippen molar-refractivity contribution in [2.45, 2.75) is 19.1 Å². The first-order valence-corrected chi connectivity index (χ1v) is 5.33. The van der Waals surface area contributed by atoms with Crippen LogP contribution < -0.4 is 0 Å². The van der Waals surface area contributed by atoms with E-state index in [-0.39, 0.29) is 12.6 Å². The van der Waals surface area contributed by atoms with Crippen LogP contribution in [0.5, 0.6) is 0 Å². The number of rotatable bonds is 4. The highest BCUT2D eigenvalue weighted by molar-refractivity contribution is 4.80. The fourth-order valence-corrected chi connectivity index (χ4v) is 1.87. The van der Waals surface area contributed by atoms with Gasteiger partial charge in [-0.15, -0.1) is 0 Å². The van der Waals surface area contributed by atoms with Crippen molar-refractivity contribution in [2.24, 2.45) is 0 Å². The molecule has 0 N–H and O–H groups in total. The molecular weight excluding hydrogens is 216 g/mol. The average Bonchev–Trinajstić information content (AvgIpc) is 2.70. The molecule has 1 aromatic rings. The van der Waals surface area contributed by atoms with E-state index in [1.807, 2.05) is 12.3 Å². The van der Waals surface area contributed by atoms with Crippen molar-refractivity contribution in [3.8, 4) is 0 Å². The highest BCUT2D eigenvalue weighted by Crippen LogP contribution is 2.09. The van der Waals surface area contributed by atoms with Gasteiger partial charge in [-0.05, 0) is 6.07 Å². The van der Waals surface area contributed by atoms with E-state index in [0.717, 1.165) is 0 Å². The zero-order valence-electron chi connectivity index (χ0n) is 8.93. The van der Waals surface area contributed by atoms with E-state index in [9.17, 15) is 8.78 Å². The normalized spacial score (nSPS) is 22.8. The highest BCUT2D eigenvalue weighted by atomic mass is 19.3. The highest BCUT2D eigenvalue weighted by Gasteiger charge is 2.22. The summed E-state index contributed by atoms with van der Waals surface area (Å²) >= 11 is 0. The van der Waals surface area contributed by atoms with Crippen LogP contribution in [0.15, 0.2) is 18.5 Å². The van der Waals surface area contributed by atoms with Crippen molar-refractivity contribution >= 4 is 0 Å². The van der Waals surface area contributed by atoms with Crippen LogP contribution in [-0.2, 0) is 11.3 Å². The fraction of sp³-hybridized carbons (Fsp3) is 0.700. The molecule has 1 saturated heterocycles. The second-order valence-corrected chi connectivity index (χ2v) is 3.87. The van der Waals surface area contributed by atoms with Crippen LogP contribution in [0.3, 0.4) is 0 Å². The molecule has 0 aromatic carbocycles. The number of hydrogen-bond acceptors (Lipinski definition) is 3. The standard InChI is InChI=1S/C10H15F2N3O/c11-10(12)8-14-4-5-16-9(6-14)7-15-3-1-2-13-15/h1-3,9-10H,4-8H2/t9-/m1/s1. The Labute approximate surface area is 92.8 Å². The average molecular weight is 231 g/mol. The lowest BCUT2D eigenvalue weighted by molar-refractivity contribution is -0.0520. The van der Waals surface area contributed by atoms with E-state index >= 15 is 0 Å². The summed E-state index contributed by atoms with van der Waals surface area (Å²) in [6.45, 7) is 2.09. The molecule has 1 aromatic heterocycles. The molecule has 0 bridgehead atoms. The van der Waals surface area contributed by atoms with Gasteiger partial charge < -0.3 is 4.74 Å². The molecule has 0 spiro atoms. The molecule has 4 nitrogen and oxygen atoms in total. The number of alkyl halides is 2. The summed E-state index contributed by atoms with van der Waals surface area (Å²) in [7, 11) is 0.